The minimum Gasteiger partial charge on any atom is -0.324 e. The Bertz CT molecular complexity index is 424. The van der Waals surface area contributed by atoms with Crippen LogP contribution < -0.4 is 5.73 Å². The van der Waals surface area contributed by atoms with Gasteiger partial charge in [0.1, 0.15) is 0 Å². The Morgan fingerprint density at radius 3 is 2.45 bits per heavy atom. The molecular formula is C17H29N3. The van der Waals surface area contributed by atoms with Gasteiger partial charge in [-0.05, 0) is 39.8 Å². The largest absolute Gasteiger partial charge is 0.324 e. The highest BCUT2D eigenvalue weighted by atomic mass is 15.3. The number of nitrogens with zero attached hydrogens (tertiary/aromatic N) is 2. The van der Waals surface area contributed by atoms with E-state index in [-0.39, 0.29) is 6.04 Å². The predicted molar refractivity (Wildman–Crippen MR) is 86.0 cm³/mol. The molecule has 2 rings (SSSR count). The van der Waals surface area contributed by atoms with Gasteiger partial charge in [-0.1, -0.05) is 29.3 Å². The zero-order valence-electron chi connectivity index (χ0n) is 13.4. The lowest BCUT2D eigenvalue weighted by molar-refractivity contribution is 0.0973. The van der Waals surface area contributed by atoms with Crippen LogP contribution in [0.2, 0.25) is 0 Å². The third-order valence-electron chi connectivity index (χ3n) is 4.37. The normalized spacial score (nSPS) is 22.9. The highest BCUT2D eigenvalue weighted by Crippen LogP contribution is 2.19. The number of hydrogen-bond acceptors (Lipinski definition) is 3. The van der Waals surface area contributed by atoms with Crippen molar-refractivity contribution in [2.24, 2.45) is 5.73 Å². The van der Waals surface area contributed by atoms with Crippen LogP contribution >= 0.6 is 0 Å². The Labute approximate surface area is 123 Å². The quantitative estimate of drug-likeness (QED) is 0.915. The molecule has 1 fully saturated rings. The van der Waals surface area contributed by atoms with Crippen molar-refractivity contribution < 1.29 is 0 Å². The number of aryl methyl sites for hydroxylation is 2. The SMILES string of the molecule is Cc1cc(C)cc(C(N)CCN2CCN(C)CC2C)c1. The van der Waals surface area contributed by atoms with Gasteiger partial charge in [0.05, 0.1) is 0 Å². The van der Waals surface area contributed by atoms with Gasteiger partial charge >= 0.3 is 0 Å². The molecular weight excluding hydrogens is 246 g/mol. The molecule has 2 atom stereocenters. The average Bonchev–Trinajstić information content (AvgIpc) is 2.36. The van der Waals surface area contributed by atoms with Crippen molar-refractivity contribution in [1.82, 2.24) is 9.80 Å². The molecule has 0 aliphatic carbocycles. The molecule has 112 valence electrons. The number of hydrogen-bond donors (Lipinski definition) is 1. The van der Waals surface area contributed by atoms with Gasteiger partial charge in [0.15, 0.2) is 0 Å². The van der Waals surface area contributed by atoms with E-state index in [2.05, 4.69) is 55.8 Å². The van der Waals surface area contributed by atoms with Gasteiger partial charge in [0.25, 0.3) is 0 Å². The molecule has 0 aromatic heterocycles. The first-order chi connectivity index (χ1) is 9.45. The van der Waals surface area contributed by atoms with E-state index < -0.39 is 0 Å². The Morgan fingerprint density at radius 2 is 1.85 bits per heavy atom. The van der Waals surface area contributed by atoms with Crippen molar-refractivity contribution in [3.63, 3.8) is 0 Å². The lowest BCUT2D eigenvalue weighted by Gasteiger charge is -2.38. The molecule has 0 bridgehead atoms. The molecule has 1 heterocycles. The van der Waals surface area contributed by atoms with E-state index in [4.69, 9.17) is 5.73 Å². The van der Waals surface area contributed by atoms with Crippen molar-refractivity contribution in [3.05, 3.63) is 34.9 Å². The summed E-state index contributed by atoms with van der Waals surface area (Å²) in [5, 5.41) is 0. The summed E-state index contributed by atoms with van der Waals surface area (Å²) in [5.74, 6) is 0. The molecule has 0 saturated carbocycles. The molecule has 2 unspecified atom stereocenters. The van der Waals surface area contributed by atoms with Crippen LogP contribution in [0.25, 0.3) is 0 Å². The zero-order valence-corrected chi connectivity index (χ0v) is 13.4. The zero-order chi connectivity index (χ0) is 14.7. The fraction of sp³-hybridized carbons (Fsp3) is 0.647. The van der Waals surface area contributed by atoms with Crippen molar-refractivity contribution >= 4 is 0 Å². The van der Waals surface area contributed by atoms with Crippen molar-refractivity contribution in [1.29, 1.82) is 0 Å². The van der Waals surface area contributed by atoms with Gasteiger partial charge < -0.3 is 10.6 Å². The maximum Gasteiger partial charge on any atom is 0.0307 e. The summed E-state index contributed by atoms with van der Waals surface area (Å²) in [5.41, 5.74) is 10.3. The average molecular weight is 275 g/mol. The first-order valence-corrected chi connectivity index (χ1v) is 7.72. The van der Waals surface area contributed by atoms with Gasteiger partial charge in [-0.25, -0.2) is 0 Å². The molecule has 3 heteroatoms. The Hall–Kier alpha value is -0.900. The second kappa shape index (κ2) is 6.70. The Morgan fingerprint density at radius 1 is 1.20 bits per heavy atom. The first kappa shape index (κ1) is 15.5. The molecule has 1 aliphatic heterocycles. The number of piperazine rings is 1. The van der Waals surface area contributed by atoms with E-state index in [1.165, 1.54) is 29.8 Å². The van der Waals surface area contributed by atoms with Crippen molar-refractivity contribution in [3.8, 4) is 0 Å². The summed E-state index contributed by atoms with van der Waals surface area (Å²) in [7, 11) is 2.20. The summed E-state index contributed by atoms with van der Waals surface area (Å²) in [6, 6.07) is 7.45. The van der Waals surface area contributed by atoms with Crippen LogP contribution in [0.15, 0.2) is 18.2 Å². The fourth-order valence-corrected chi connectivity index (χ4v) is 3.21. The van der Waals surface area contributed by atoms with Crippen molar-refractivity contribution in [2.75, 3.05) is 33.2 Å². The van der Waals surface area contributed by atoms with Crippen LogP contribution in [0.3, 0.4) is 0 Å². The van der Waals surface area contributed by atoms with Crippen molar-refractivity contribution in [2.45, 2.75) is 39.3 Å². The standard InChI is InChI=1S/C17H29N3/c1-13-9-14(2)11-16(10-13)17(18)5-6-20-8-7-19(4)12-15(20)3/h9-11,15,17H,5-8,12,18H2,1-4H3. The van der Waals surface area contributed by atoms with E-state index >= 15 is 0 Å². The molecule has 0 amide bonds. The number of likely N-dealkylation sites (N-methyl/N-ethyl adjacent to an activating group) is 1. The number of rotatable bonds is 4. The van der Waals surface area contributed by atoms with E-state index in [0.29, 0.717) is 6.04 Å². The third-order valence-corrected chi connectivity index (χ3v) is 4.37. The second-order valence-corrected chi connectivity index (χ2v) is 6.46. The number of benzene rings is 1. The van der Waals surface area contributed by atoms with Crippen LogP contribution in [0.4, 0.5) is 0 Å². The first-order valence-electron chi connectivity index (χ1n) is 7.72. The summed E-state index contributed by atoms with van der Waals surface area (Å²) < 4.78 is 0. The molecule has 2 N–H and O–H groups in total. The molecule has 0 radical (unpaired) electrons. The highest BCUT2D eigenvalue weighted by molar-refractivity contribution is 5.30. The van der Waals surface area contributed by atoms with Gasteiger partial charge in [-0.2, -0.15) is 0 Å². The summed E-state index contributed by atoms with van der Waals surface area (Å²) in [6.45, 7) is 11.2. The van der Waals surface area contributed by atoms with Gasteiger partial charge in [0.2, 0.25) is 0 Å². The second-order valence-electron chi connectivity index (χ2n) is 6.46. The monoisotopic (exact) mass is 275 g/mol. The minimum atomic E-state index is 0.153. The molecule has 1 aromatic carbocycles. The van der Waals surface area contributed by atoms with E-state index in [0.717, 1.165) is 19.5 Å². The van der Waals surface area contributed by atoms with Crippen LogP contribution in [0.5, 0.6) is 0 Å². The highest BCUT2D eigenvalue weighted by Gasteiger charge is 2.21. The van der Waals surface area contributed by atoms with Gasteiger partial charge in [-0.3, -0.25) is 4.90 Å². The summed E-state index contributed by atoms with van der Waals surface area (Å²) >= 11 is 0. The summed E-state index contributed by atoms with van der Waals surface area (Å²) in [4.78, 5) is 4.98. The fourth-order valence-electron chi connectivity index (χ4n) is 3.21. The van der Waals surface area contributed by atoms with E-state index in [9.17, 15) is 0 Å². The topological polar surface area (TPSA) is 32.5 Å². The molecule has 1 aliphatic rings. The smallest absolute Gasteiger partial charge is 0.0307 e. The lowest BCUT2D eigenvalue weighted by atomic mass is 9.99. The predicted octanol–water partition coefficient (Wildman–Crippen LogP) is 2.33. The minimum absolute atomic E-state index is 0.153. The Balaban J connectivity index is 1.90. The number of nitrogens with two attached hydrogens (primary N) is 1. The Kier molecular flexibility index (Phi) is 5.19. The lowest BCUT2D eigenvalue weighted by Crippen LogP contribution is -2.50. The van der Waals surface area contributed by atoms with E-state index in [1.54, 1.807) is 0 Å². The van der Waals surface area contributed by atoms with Gasteiger partial charge in [-0.15, -0.1) is 0 Å². The van der Waals surface area contributed by atoms with Crippen LogP contribution in [-0.4, -0.2) is 49.1 Å². The van der Waals surface area contributed by atoms with E-state index in [1.807, 2.05) is 0 Å². The molecule has 0 spiro atoms. The molecule has 20 heavy (non-hydrogen) atoms. The van der Waals surface area contributed by atoms with Crippen LogP contribution in [0, 0.1) is 13.8 Å². The maximum atomic E-state index is 6.39. The van der Waals surface area contributed by atoms with Crippen LogP contribution in [0.1, 0.15) is 36.1 Å². The van der Waals surface area contributed by atoms with Gasteiger partial charge in [0, 0.05) is 38.3 Å². The molecule has 1 aromatic rings. The summed E-state index contributed by atoms with van der Waals surface area (Å²) in [6.07, 6.45) is 1.04. The van der Waals surface area contributed by atoms with Crippen LogP contribution in [-0.2, 0) is 0 Å². The molecule has 1 saturated heterocycles. The maximum absolute atomic E-state index is 6.39. The molecule has 3 nitrogen and oxygen atoms in total. The third kappa shape index (κ3) is 4.05.